The fourth-order valence-electron chi connectivity index (χ4n) is 2.16. The molecule has 1 aromatic rings. The van der Waals surface area contributed by atoms with E-state index in [9.17, 15) is 0 Å². The van der Waals surface area contributed by atoms with E-state index >= 15 is 0 Å². The standard InChI is InChI=1S/C14H22N2S/c1-16(2)10-12-5-7-13(8-6-12)15-14-4-3-9-17-11-14/h5-8,14-15H,3-4,9-11H2,1-2H3. The smallest absolute Gasteiger partial charge is 0.0352 e. The SMILES string of the molecule is CN(C)Cc1ccc(NC2CCCSC2)cc1. The van der Waals surface area contributed by atoms with Gasteiger partial charge in [-0.3, -0.25) is 0 Å². The van der Waals surface area contributed by atoms with E-state index in [1.54, 1.807) is 0 Å². The molecule has 1 aliphatic rings. The Kier molecular flexibility index (Phi) is 4.75. The molecular formula is C14H22N2S. The first-order valence-corrected chi connectivity index (χ1v) is 7.47. The maximum Gasteiger partial charge on any atom is 0.0352 e. The molecular weight excluding hydrogens is 228 g/mol. The minimum Gasteiger partial charge on any atom is -0.381 e. The Morgan fingerprint density at radius 2 is 2.06 bits per heavy atom. The predicted octanol–water partition coefficient (Wildman–Crippen LogP) is 3.06. The number of thioether (sulfide) groups is 1. The molecule has 1 aliphatic heterocycles. The van der Waals surface area contributed by atoms with Crippen molar-refractivity contribution in [1.82, 2.24) is 4.90 Å². The van der Waals surface area contributed by atoms with Gasteiger partial charge in [0.25, 0.3) is 0 Å². The van der Waals surface area contributed by atoms with Crippen LogP contribution in [0.15, 0.2) is 24.3 Å². The van der Waals surface area contributed by atoms with Crippen molar-refractivity contribution in [3.63, 3.8) is 0 Å². The number of nitrogens with one attached hydrogen (secondary N) is 1. The molecule has 0 aromatic heterocycles. The number of rotatable bonds is 4. The molecule has 2 rings (SSSR count). The largest absolute Gasteiger partial charge is 0.381 e. The molecule has 3 heteroatoms. The Bertz CT molecular complexity index is 329. The quantitative estimate of drug-likeness (QED) is 0.884. The van der Waals surface area contributed by atoms with Gasteiger partial charge >= 0.3 is 0 Å². The molecule has 1 N–H and O–H groups in total. The average molecular weight is 250 g/mol. The van der Waals surface area contributed by atoms with Gasteiger partial charge in [-0.05, 0) is 50.4 Å². The van der Waals surface area contributed by atoms with Crippen LogP contribution in [-0.4, -0.2) is 36.5 Å². The first kappa shape index (κ1) is 12.8. The van der Waals surface area contributed by atoms with Gasteiger partial charge < -0.3 is 10.2 Å². The lowest BCUT2D eigenvalue weighted by Crippen LogP contribution is -2.25. The van der Waals surface area contributed by atoms with Gasteiger partial charge in [0.2, 0.25) is 0 Å². The van der Waals surface area contributed by atoms with Gasteiger partial charge in [0.05, 0.1) is 0 Å². The molecule has 0 amide bonds. The van der Waals surface area contributed by atoms with E-state index in [-0.39, 0.29) is 0 Å². The summed E-state index contributed by atoms with van der Waals surface area (Å²) in [5.41, 5.74) is 2.64. The maximum absolute atomic E-state index is 3.63. The third kappa shape index (κ3) is 4.25. The third-order valence-electron chi connectivity index (χ3n) is 2.98. The zero-order valence-electron chi connectivity index (χ0n) is 10.8. The minimum atomic E-state index is 0.661. The molecule has 1 fully saturated rings. The number of benzene rings is 1. The van der Waals surface area contributed by atoms with E-state index < -0.39 is 0 Å². The van der Waals surface area contributed by atoms with Crippen molar-refractivity contribution in [2.24, 2.45) is 0 Å². The Morgan fingerprint density at radius 3 is 2.65 bits per heavy atom. The first-order valence-electron chi connectivity index (χ1n) is 6.32. The van der Waals surface area contributed by atoms with Crippen molar-refractivity contribution in [3.8, 4) is 0 Å². The third-order valence-corrected chi connectivity index (χ3v) is 4.20. The monoisotopic (exact) mass is 250 g/mol. The molecule has 2 nitrogen and oxygen atoms in total. The highest BCUT2D eigenvalue weighted by Crippen LogP contribution is 2.21. The topological polar surface area (TPSA) is 15.3 Å². The van der Waals surface area contributed by atoms with Crippen molar-refractivity contribution >= 4 is 17.4 Å². The van der Waals surface area contributed by atoms with Crippen molar-refractivity contribution < 1.29 is 0 Å². The number of nitrogens with zero attached hydrogens (tertiary/aromatic N) is 1. The molecule has 1 saturated heterocycles. The molecule has 0 bridgehead atoms. The van der Waals surface area contributed by atoms with E-state index in [1.165, 1.54) is 35.6 Å². The van der Waals surface area contributed by atoms with Crippen LogP contribution < -0.4 is 5.32 Å². The fourth-order valence-corrected chi connectivity index (χ4v) is 3.23. The van der Waals surface area contributed by atoms with E-state index in [0.717, 1.165) is 6.54 Å². The Morgan fingerprint density at radius 1 is 1.29 bits per heavy atom. The fraction of sp³-hybridized carbons (Fsp3) is 0.571. The lowest BCUT2D eigenvalue weighted by Gasteiger charge is -2.23. The van der Waals surface area contributed by atoms with Gasteiger partial charge in [-0.15, -0.1) is 0 Å². The van der Waals surface area contributed by atoms with E-state index in [0.29, 0.717) is 6.04 Å². The summed E-state index contributed by atoms with van der Waals surface area (Å²) in [5.74, 6) is 2.58. The number of hydrogen-bond donors (Lipinski definition) is 1. The van der Waals surface area contributed by atoms with E-state index in [4.69, 9.17) is 0 Å². The van der Waals surface area contributed by atoms with Crippen molar-refractivity contribution in [3.05, 3.63) is 29.8 Å². The van der Waals surface area contributed by atoms with Crippen LogP contribution in [0.2, 0.25) is 0 Å². The summed E-state index contributed by atoms with van der Waals surface area (Å²) < 4.78 is 0. The Labute approximate surface area is 109 Å². The highest BCUT2D eigenvalue weighted by Gasteiger charge is 2.12. The molecule has 0 spiro atoms. The number of anilines is 1. The summed E-state index contributed by atoms with van der Waals surface area (Å²) >= 11 is 2.06. The highest BCUT2D eigenvalue weighted by atomic mass is 32.2. The first-order chi connectivity index (χ1) is 8.24. The Balaban J connectivity index is 1.88. The summed E-state index contributed by atoms with van der Waals surface area (Å²) in [6.45, 7) is 1.01. The van der Waals surface area contributed by atoms with Crippen LogP contribution in [0, 0.1) is 0 Å². The zero-order valence-corrected chi connectivity index (χ0v) is 11.6. The van der Waals surface area contributed by atoms with Gasteiger partial charge in [-0.1, -0.05) is 12.1 Å². The van der Waals surface area contributed by atoms with Crippen LogP contribution in [-0.2, 0) is 6.54 Å². The summed E-state index contributed by atoms with van der Waals surface area (Å²) in [6.07, 6.45) is 2.66. The van der Waals surface area contributed by atoms with Crippen LogP contribution in [0.3, 0.4) is 0 Å². The highest BCUT2D eigenvalue weighted by molar-refractivity contribution is 7.99. The van der Waals surface area contributed by atoms with Gasteiger partial charge in [-0.2, -0.15) is 11.8 Å². The summed E-state index contributed by atoms with van der Waals surface area (Å²) in [5, 5.41) is 3.63. The number of hydrogen-bond acceptors (Lipinski definition) is 3. The molecule has 0 saturated carbocycles. The van der Waals surface area contributed by atoms with Crippen LogP contribution in [0.25, 0.3) is 0 Å². The lowest BCUT2D eigenvalue weighted by molar-refractivity contribution is 0.402. The van der Waals surface area contributed by atoms with Gasteiger partial charge in [0.15, 0.2) is 0 Å². The molecule has 0 radical (unpaired) electrons. The summed E-state index contributed by atoms with van der Waals surface area (Å²) in [6, 6.07) is 9.51. The second-order valence-corrected chi connectivity index (χ2v) is 6.14. The lowest BCUT2D eigenvalue weighted by atomic mass is 10.1. The summed E-state index contributed by atoms with van der Waals surface area (Å²) in [4.78, 5) is 2.19. The predicted molar refractivity (Wildman–Crippen MR) is 77.8 cm³/mol. The molecule has 17 heavy (non-hydrogen) atoms. The maximum atomic E-state index is 3.63. The van der Waals surface area contributed by atoms with Crippen molar-refractivity contribution in [2.45, 2.75) is 25.4 Å². The average Bonchev–Trinajstić information content (AvgIpc) is 2.32. The molecule has 1 atom stereocenters. The normalized spacial score (nSPS) is 20.5. The second-order valence-electron chi connectivity index (χ2n) is 4.99. The van der Waals surface area contributed by atoms with Crippen LogP contribution in [0.4, 0.5) is 5.69 Å². The van der Waals surface area contributed by atoms with Crippen molar-refractivity contribution in [1.29, 1.82) is 0 Å². The molecule has 94 valence electrons. The van der Waals surface area contributed by atoms with Gasteiger partial charge in [0.1, 0.15) is 0 Å². The van der Waals surface area contributed by atoms with Crippen LogP contribution >= 0.6 is 11.8 Å². The van der Waals surface area contributed by atoms with E-state index in [2.05, 4.69) is 60.3 Å². The molecule has 1 unspecified atom stereocenters. The minimum absolute atomic E-state index is 0.661. The zero-order chi connectivity index (χ0) is 12.1. The van der Waals surface area contributed by atoms with Crippen LogP contribution in [0.1, 0.15) is 18.4 Å². The second kappa shape index (κ2) is 6.31. The van der Waals surface area contributed by atoms with Crippen molar-refractivity contribution in [2.75, 3.05) is 30.9 Å². The molecule has 1 aromatic carbocycles. The molecule has 1 heterocycles. The summed E-state index contributed by atoms with van der Waals surface area (Å²) in [7, 11) is 4.21. The Hall–Kier alpha value is -0.670. The molecule has 0 aliphatic carbocycles. The van der Waals surface area contributed by atoms with Gasteiger partial charge in [-0.25, -0.2) is 0 Å². The van der Waals surface area contributed by atoms with Gasteiger partial charge in [0, 0.05) is 24.0 Å². The van der Waals surface area contributed by atoms with E-state index in [1.807, 2.05) is 0 Å². The van der Waals surface area contributed by atoms with Crippen LogP contribution in [0.5, 0.6) is 0 Å².